The van der Waals surface area contributed by atoms with Gasteiger partial charge in [0.15, 0.2) is 0 Å². The van der Waals surface area contributed by atoms with Crippen molar-refractivity contribution in [2.75, 3.05) is 0 Å². The van der Waals surface area contributed by atoms with Gasteiger partial charge in [-0.2, -0.15) is 0 Å². The Kier molecular flexibility index (Phi) is 4.21. The van der Waals surface area contributed by atoms with Gasteiger partial charge in [-0.3, -0.25) is 4.79 Å². The van der Waals surface area contributed by atoms with E-state index in [1.54, 1.807) is 11.3 Å². The van der Waals surface area contributed by atoms with E-state index in [2.05, 4.69) is 27.9 Å². The lowest BCUT2D eigenvalue weighted by Crippen LogP contribution is -2.44. The number of halogens is 1. The van der Waals surface area contributed by atoms with Crippen LogP contribution in [-0.4, -0.2) is 23.2 Å². The predicted octanol–water partition coefficient (Wildman–Crippen LogP) is 2.39. The van der Waals surface area contributed by atoms with Gasteiger partial charge in [-0.15, -0.1) is 11.3 Å². The second kappa shape index (κ2) is 5.46. The molecule has 1 aliphatic rings. The Labute approximate surface area is 112 Å². The minimum atomic E-state index is -0.379. The van der Waals surface area contributed by atoms with Crippen molar-refractivity contribution in [1.82, 2.24) is 5.32 Å². The van der Waals surface area contributed by atoms with E-state index < -0.39 is 0 Å². The van der Waals surface area contributed by atoms with Crippen molar-refractivity contribution in [3.8, 4) is 0 Å². The van der Waals surface area contributed by atoms with E-state index in [1.165, 1.54) is 0 Å². The van der Waals surface area contributed by atoms with Crippen molar-refractivity contribution in [3.05, 3.63) is 19.9 Å². The summed E-state index contributed by atoms with van der Waals surface area (Å²) in [5.74, 6) is -0.0647. The van der Waals surface area contributed by atoms with E-state index in [9.17, 15) is 9.90 Å². The largest absolute Gasteiger partial charge is 0.391 e. The third-order valence-corrected chi connectivity index (χ3v) is 4.66. The van der Waals surface area contributed by atoms with E-state index >= 15 is 0 Å². The maximum atomic E-state index is 11.9. The fraction of sp³-hybridized carbons (Fsp3) is 0.545. The van der Waals surface area contributed by atoms with Crippen LogP contribution in [0.1, 0.15) is 36.0 Å². The van der Waals surface area contributed by atoms with Crippen LogP contribution in [-0.2, 0) is 0 Å². The van der Waals surface area contributed by atoms with Gasteiger partial charge in [0.25, 0.3) is 5.91 Å². The first kappa shape index (κ1) is 12.3. The first-order valence-electron chi connectivity index (χ1n) is 5.40. The van der Waals surface area contributed by atoms with Gasteiger partial charge < -0.3 is 10.4 Å². The molecule has 1 aromatic heterocycles. The molecule has 0 bridgehead atoms. The molecule has 1 saturated carbocycles. The molecule has 0 radical (unpaired) electrons. The molecule has 0 saturated heterocycles. The van der Waals surface area contributed by atoms with Gasteiger partial charge in [0.05, 0.1) is 20.6 Å². The van der Waals surface area contributed by atoms with Gasteiger partial charge in [0, 0.05) is 5.38 Å². The van der Waals surface area contributed by atoms with Crippen molar-refractivity contribution in [2.45, 2.75) is 37.8 Å². The molecule has 1 aliphatic carbocycles. The molecule has 16 heavy (non-hydrogen) atoms. The lowest BCUT2D eigenvalue weighted by Gasteiger charge is -2.28. The summed E-state index contributed by atoms with van der Waals surface area (Å²) in [6.07, 6.45) is 3.45. The van der Waals surface area contributed by atoms with Crippen LogP contribution in [0, 0.1) is 2.88 Å². The molecule has 0 aromatic carbocycles. The lowest BCUT2D eigenvalue weighted by molar-refractivity contribution is 0.0717. The van der Waals surface area contributed by atoms with Crippen LogP contribution in [0.4, 0.5) is 0 Å². The number of hydrogen-bond donors (Lipinski definition) is 2. The highest BCUT2D eigenvalue weighted by molar-refractivity contribution is 14.1. The van der Waals surface area contributed by atoms with Gasteiger partial charge >= 0.3 is 0 Å². The summed E-state index contributed by atoms with van der Waals surface area (Å²) in [4.78, 5) is 11.9. The van der Waals surface area contributed by atoms with Gasteiger partial charge in [-0.05, 0) is 41.5 Å². The summed E-state index contributed by atoms with van der Waals surface area (Å²) in [5, 5.41) is 14.5. The third kappa shape index (κ3) is 2.95. The summed E-state index contributed by atoms with van der Waals surface area (Å²) < 4.78 is 1.10. The third-order valence-electron chi connectivity index (χ3n) is 2.88. The minimum Gasteiger partial charge on any atom is -0.391 e. The number of nitrogens with one attached hydrogen (secondary N) is 1. The quantitative estimate of drug-likeness (QED) is 0.804. The first-order chi connectivity index (χ1) is 7.66. The number of hydrogen-bond acceptors (Lipinski definition) is 3. The molecule has 0 aliphatic heterocycles. The van der Waals surface area contributed by atoms with E-state index in [-0.39, 0.29) is 18.1 Å². The second-order valence-corrected chi connectivity index (χ2v) is 6.88. The van der Waals surface area contributed by atoms with E-state index in [4.69, 9.17) is 0 Å². The molecule has 0 spiro atoms. The Balaban J connectivity index is 1.96. The number of aliphatic hydroxyl groups is 1. The number of carbonyl (C=O) groups is 1. The van der Waals surface area contributed by atoms with Crippen molar-refractivity contribution >= 4 is 39.8 Å². The number of carbonyl (C=O) groups excluding carboxylic acids is 1. The van der Waals surface area contributed by atoms with Gasteiger partial charge in [-0.25, -0.2) is 0 Å². The molecule has 3 nitrogen and oxygen atoms in total. The number of rotatable bonds is 2. The van der Waals surface area contributed by atoms with Crippen molar-refractivity contribution in [2.24, 2.45) is 0 Å². The van der Waals surface area contributed by atoms with E-state index in [0.29, 0.717) is 5.56 Å². The monoisotopic (exact) mass is 351 g/mol. The molecule has 1 fully saturated rings. The molecule has 0 unspecified atom stereocenters. The number of amides is 1. The van der Waals surface area contributed by atoms with Crippen molar-refractivity contribution in [1.29, 1.82) is 0 Å². The van der Waals surface area contributed by atoms with Crippen LogP contribution in [0.5, 0.6) is 0 Å². The average molecular weight is 351 g/mol. The number of thiophene rings is 1. The standard InChI is InChI=1S/C11H14INO2S/c12-10-5-7(6-16-10)11(15)13-8-3-1-2-4-9(8)14/h5-6,8-9,14H,1-4H2,(H,13,15)/t8-,9-/m1/s1. The summed E-state index contributed by atoms with van der Waals surface area (Å²) in [7, 11) is 0. The summed E-state index contributed by atoms with van der Waals surface area (Å²) in [5.41, 5.74) is 0.701. The highest BCUT2D eigenvalue weighted by Gasteiger charge is 2.24. The zero-order valence-corrected chi connectivity index (χ0v) is 11.8. The number of aliphatic hydroxyl groups excluding tert-OH is 1. The Morgan fingerprint density at radius 3 is 2.88 bits per heavy atom. The summed E-state index contributed by atoms with van der Waals surface area (Å²) in [6.45, 7) is 0. The molecule has 1 aromatic rings. The maximum Gasteiger partial charge on any atom is 0.252 e. The van der Waals surface area contributed by atoms with Crippen LogP contribution in [0.2, 0.25) is 0 Å². The van der Waals surface area contributed by atoms with Crippen molar-refractivity contribution < 1.29 is 9.90 Å². The summed E-state index contributed by atoms with van der Waals surface area (Å²) >= 11 is 3.76. The van der Waals surface area contributed by atoms with E-state index in [1.807, 2.05) is 11.4 Å². The maximum absolute atomic E-state index is 11.9. The smallest absolute Gasteiger partial charge is 0.252 e. The Morgan fingerprint density at radius 1 is 1.50 bits per heavy atom. The molecule has 1 amide bonds. The minimum absolute atomic E-state index is 0.0647. The van der Waals surface area contributed by atoms with Gasteiger partial charge in [-0.1, -0.05) is 12.8 Å². The molecule has 1 heterocycles. The molecule has 5 heteroatoms. The lowest BCUT2D eigenvalue weighted by atomic mass is 9.92. The molecule has 2 rings (SSSR count). The van der Waals surface area contributed by atoms with Crippen LogP contribution in [0.25, 0.3) is 0 Å². The molecule has 2 N–H and O–H groups in total. The second-order valence-electron chi connectivity index (χ2n) is 4.07. The zero-order valence-electron chi connectivity index (χ0n) is 8.78. The molecular formula is C11H14INO2S. The van der Waals surface area contributed by atoms with Crippen LogP contribution >= 0.6 is 33.9 Å². The average Bonchev–Trinajstić information content (AvgIpc) is 2.68. The van der Waals surface area contributed by atoms with Gasteiger partial charge in [0.1, 0.15) is 0 Å². The van der Waals surface area contributed by atoms with Gasteiger partial charge in [0.2, 0.25) is 0 Å². The van der Waals surface area contributed by atoms with E-state index in [0.717, 1.165) is 28.6 Å². The van der Waals surface area contributed by atoms with Crippen LogP contribution < -0.4 is 5.32 Å². The molecule has 88 valence electrons. The zero-order chi connectivity index (χ0) is 11.5. The van der Waals surface area contributed by atoms with Crippen LogP contribution in [0.15, 0.2) is 11.4 Å². The van der Waals surface area contributed by atoms with Crippen LogP contribution in [0.3, 0.4) is 0 Å². The Morgan fingerprint density at radius 2 is 2.25 bits per heavy atom. The Bertz CT molecular complexity index is 380. The highest BCUT2D eigenvalue weighted by Crippen LogP contribution is 2.20. The first-order valence-corrected chi connectivity index (χ1v) is 7.35. The molecule has 2 atom stereocenters. The predicted molar refractivity (Wildman–Crippen MR) is 72.8 cm³/mol. The topological polar surface area (TPSA) is 49.3 Å². The van der Waals surface area contributed by atoms with Crippen molar-refractivity contribution in [3.63, 3.8) is 0 Å². The fourth-order valence-electron chi connectivity index (χ4n) is 1.96. The molecular weight excluding hydrogens is 337 g/mol. The SMILES string of the molecule is O=C(N[C@@H]1CCCC[C@H]1O)c1csc(I)c1. The normalized spacial score (nSPS) is 25.4. The summed E-state index contributed by atoms with van der Waals surface area (Å²) in [6, 6.07) is 1.80. The Hall–Kier alpha value is -0.140. The highest BCUT2D eigenvalue weighted by atomic mass is 127. The fourth-order valence-corrected chi connectivity index (χ4v) is 3.29.